The van der Waals surface area contributed by atoms with Gasteiger partial charge in [-0.3, -0.25) is 0 Å². The van der Waals surface area contributed by atoms with Gasteiger partial charge in [0, 0.05) is 11.8 Å². The molecule has 0 amide bonds. The standard InChI is InChI=1S/C26H31N3O2/c1-16(2)31-26-28-24(27-25(29-26)22-9-5-6-10-23(22)30)20-12-11-19-13-17-7-3-4-8-18(17)14-21(19)15-20/h4-6,8-10,13-16,19-20,22-23,26,30H,3,7,11-12H2,1-2H3,(H,27,28,29). The summed E-state index contributed by atoms with van der Waals surface area (Å²) in [6.45, 7) is 4.01. The van der Waals surface area contributed by atoms with Gasteiger partial charge in [-0.15, -0.1) is 0 Å². The second kappa shape index (κ2) is 8.56. The molecule has 0 fully saturated rings. The Morgan fingerprint density at radius 1 is 1.13 bits per heavy atom. The van der Waals surface area contributed by atoms with Crippen LogP contribution in [-0.2, 0) is 4.74 Å². The predicted octanol–water partition coefficient (Wildman–Crippen LogP) is 4.37. The smallest absolute Gasteiger partial charge is 0.228 e. The first-order chi connectivity index (χ1) is 15.1. The SMILES string of the molecule is CC(C)OC1N=C(C2C=CC=CC2O)N=C(C2C=C3C=C4C=CCCC4=CC3CC2)N1. The number of hydrogen-bond acceptors (Lipinski definition) is 5. The number of hydrogen-bond donors (Lipinski definition) is 2. The molecule has 1 heterocycles. The van der Waals surface area contributed by atoms with Gasteiger partial charge in [0.05, 0.1) is 18.1 Å². The van der Waals surface area contributed by atoms with Crippen LogP contribution in [0.25, 0.3) is 0 Å². The zero-order valence-corrected chi connectivity index (χ0v) is 18.2. The molecule has 5 aliphatic rings. The van der Waals surface area contributed by atoms with Gasteiger partial charge in [0.1, 0.15) is 11.7 Å². The van der Waals surface area contributed by atoms with Gasteiger partial charge in [0.15, 0.2) is 0 Å². The minimum absolute atomic E-state index is 0.0346. The molecule has 0 spiro atoms. The molecule has 0 saturated carbocycles. The Hall–Kier alpha value is -2.50. The van der Waals surface area contributed by atoms with E-state index in [1.54, 1.807) is 6.08 Å². The van der Waals surface area contributed by atoms with Gasteiger partial charge in [-0.1, -0.05) is 54.7 Å². The zero-order chi connectivity index (χ0) is 21.4. The molecule has 0 aromatic carbocycles. The number of rotatable bonds is 4. The summed E-state index contributed by atoms with van der Waals surface area (Å²) >= 11 is 0. The molecular weight excluding hydrogens is 386 g/mol. The number of nitrogens with one attached hydrogen (secondary N) is 1. The van der Waals surface area contributed by atoms with Crippen LogP contribution in [0.4, 0.5) is 0 Å². The number of amidine groups is 2. The Kier molecular flexibility index (Phi) is 5.63. The Morgan fingerprint density at radius 3 is 2.81 bits per heavy atom. The first-order valence-corrected chi connectivity index (χ1v) is 11.5. The molecule has 5 nitrogen and oxygen atoms in total. The summed E-state index contributed by atoms with van der Waals surface area (Å²) in [5, 5.41) is 13.9. The number of aliphatic hydroxyl groups excluding tert-OH is 1. The zero-order valence-electron chi connectivity index (χ0n) is 18.2. The second-order valence-corrected chi connectivity index (χ2v) is 9.14. The fourth-order valence-corrected chi connectivity index (χ4v) is 4.93. The molecule has 0 saturated heterocycles. The van der Waals surface area contributed by atoms with E-state index in [9.17, 15) is 5.11 Å². The first kappa shape index (κ1) is 20.4. The maximum atomic E-state index is 10.5. The molecule has 31 heavy (non-hydrogen) atoms. The number of aliphatic imine (C=N–C) groups is 2. The third kappa shape index (κ3) is 4.30. The van der Waals surface area contributed by atoms with E-state index in [4.69, 9.17) is 9.73 Å². The van der Waals surface area contributed by atoms with Crippen molar-refractivity contribution in [1.82, 2.24) is 5.32 Å². The highest BCUT2D eigenvalue weighted by molar-refractivity contribution is 6.02. The highest BCUT2D eigenvalue weighted by atomic mass is 16.5. The first-order valence-electron chi connectivity index (χ1n) is 11.5. The van der Waals surface area contributed by atoms with Crippen molar-refractivity contribution < 1.29 is 9.84 Å². The molecule has 1 aliphatic heterocycles. The number of aliphatic hydroxyl groups is 1. The van der Waals surface area contributed by atoms with Crippen LogP contribution in [0.15, 0.2) is 81.4 Å². The fourth-order valence-electron chi connectivity index (χ4n) is 4.93. The Balaban J connectivity index is 1.44. The molecule has 2 N–H and O–H groups in total. The van der Waals surface area contributed by atoms with Gasteiger partial charge in [0.25, 0.3) is 0 Å². The van der Waals surface area contributed by atoms with E-state index in [0.29, 0.717) is 11.8 Å². The van der Waals surface area contributed by atoms with Crippen LogP contribution in [0, 0.1) is 17.8 Å². The van der Waals surface area contributed by atoms with E-state index in [1.165, 1.54) is 16.7 Å². The highest BCUT2D eigenvalue weighted by Gasteiger charge is 2.32. The van der Waals surface area contributed by atoms with E-state index < -0.39 is 12.5 Å². The van der Waals surface area contributed by atoms with Crippen molar-refractivity contribution in [2.24, 2.45) is 27.7 Å². The number of nitrogens with zero attached hydrogens (tertiary/aromatic N) is 2. The summed E-state index contributed by atoms with van der Waals surface area (Å²) in [7, 11) is 0. The van der Waals surface area contributed by atoms with Crippen molar-refractivity contribution in [3.05, 3.63) is 71.4 Å². The van der Waals surface area contributed by atoms with E-state index in [1.807, 2.05) is 32.1 Å². The summed E-state index contributed by atoms with van der Waals surface area (Å²) in [6.07, 6.45) is 22.7. The van der Waals surface area contributed by atoms with Gasteiger partial charge in [-0.05, 0) is 56.3 Å². The lowest BCUT2D eigenvalue weighted by molar-refractivity contribution is 0.00291. The maximum Gasteiger partial charge on any atom is 0.228 e. The maximum absolute atomic E-state index is 10.5. The predicted molar refractivity (Wildman–Crippen MR) is 125 cm³/mol. The molecule has 0 radical (unpaired) electrons. The lowest BCUT2D eigenvalue weighted by atomic mass is 9.75. The van der Waals surface area contributed by atoms with Crippen molar-refractivity contribution in [2.45, 2.75) is 58.1 Å². The average molecular weight is 418 g/mol. The topological polar surface area (TPSA) is 66.2 Å². The molecule has 0 aromatic rings. The summed E-state index contributed by atoms with van der Waals surface area (Å²) in [5.74, 6) is 1.97. The van der Waals surface area contributed by atoms with Crippen LogP contribution in [0.2, 0.25) is 0 Å². The monoisotopic (exact) mass is 417 g/mol. The third-order valence-electron chi connectivity index (χ3n) is 6.50. The van der Waals surface area contributed by atoms with E-state index in [2.05, 4.69) is 40.7 Å². The molecule has 5 unspecified atom stereocenters. The molecule has 5 heteroatoms. The molecule has 0 bridgehead atoms. The summed E-state index contributed by atoms with van der Waals surface area (Å²) < 4.78 is 5.99. The van der Waals surface area contributed by atoms with Crippen LogP contribution < -0.4 is 5.32 Å². The summed E-state index contributed by atoms with van der Waals surface area (Å²) in [4.78, 5) is 9.57. The number of fused-ring (bicyclic) bond motifs is 2. The van der Waals surface area contributed by atoms with Gasteiger partial charge in [0.2, 0.25) is 6.35 Å². The van der Waals surface area contributed by atoms with Gasteiger partial charge >= 0.3 is 0 Å². The Morgan fingerprint density at radius 2 is 1.97 bits per heavy atom. The summed E-state index contributed by atoms with van der Waals surface area (Å²) in [5.41, 5.74) is 4.25. The lowest BCUT2D eigenvalue weighted by Crippen LogP contribution is -2.46. The second-order valence-electron chi connectivity index (χ2n) is 9.14. The highest BCUT2D eigenvalue weighted by Crippen LogP contribution is 2.39. The normalized spacial score (nSPS) is 34.1. The quantitative estimate of drug-likeness (QED) is 0.714. The molecule has 5 atom stereocenters. The van der Waals surface area contributed by atoms with Crippen molar-refractivity contribution in [1.29, 1.82) is 0 Å². The van der Waals surface area contributed by atoms with Crippen LogP contribution in [0.1, 0.15) is 39.5 Å². The van der Waals surface area contributed by atoms with E-state index >= 15 is 0 Å². The lowest BCUT2D eigenvalue weighted by Gasteiger charge is -2.34. The van der Waals surface area contributed by atoms with Crippen LogP contribution in [-0.4, -0.2) is 35.3 Å². The van der Waals surface area contributed by atoms with Gasteiger partial charge in [-0.25, -0.2) is 9.98 Å². The van der Waals surface area contributed by atoms with E-state index in [0.717, 1.165) is 31.5 Å². The van der Waals surface area contributed by atoms with Crippen molar-refractivity contribution >= 4 is 11.7 Å². The molecule has 5 rings (SSSR count). The largest absolute Gasteiger partial charge is 0.388 e. The van der Waals surface area contributed by atoms with Crippen LogP contribution in [0.5, 0.6) is 0 Å². The van der Waals surface area contributed by atoms with E-state index in [-0.39, 0.29) is 17.9 Å². The van der Waals surface area contributed by atoms with Crippen LogP contribution in [0.3, 0.4) is 0 Å². The van der Waals surface area contributed by atoms with Crippen molar-refractivity contribution in [2.75, 3.05) is 0 Å². The Bertz CT molecular complexity index is 977. The average Bonchev–Trinajstić information content (AvgIpc) is 2.77. The minimum Gasteiger partial charge on any atom is -0.388 e. The molecule has 162 valence electrons. The van der Waals surface area contributed by atoms with Gasteiger partial charge < -0.3 is 15.2 Å². The molecule has 4 aliphatic carbocycles. The van der Waals surface area contributed by atoms with Gasteiger partial charge in [-0.2, -0.15) is 0 Å². The van der Waals surface area contributed by atoms with Crippen molar-refractivity contribution in [3.63, 3.8) is 0 Å². The van der Waals surface area contributed by atoms with Crippen molar-refractivity contribution in [3.8, 4) is 0 Å². The Labute approximate surface area is 184 Å². The summed E-state index contributed by atoms with van der Waals surface area (Å²) in [6, 6.07) is 0. The minimum atomic E-state index is -0.620. The van der Waals surface area contributed by atoms with Crippen LogP contribution >= 0.6 is 0 Å². The number of allylic oxidation sites excluding steroid dienone is 9. The fraction of sp³-hybridized carbons (Fsp3) is 0.462. The third-order valence-corrected chi connectivity index (χ3v) is 6.50. The molecular formula is C26H31N3O2. The molecule has 0 aromatic heterocycles. The number of ether oxygens (including phenoxy) is 1.